The summed E-state index contributed by atoms with van der Waals surface area (Å²) in [6.07, 6.45) is 3.39. The molecule has 2 heterocycles. The summed E-state index contributed by atoms with van der Waals surface area (Å²) in [4.78, 5) is 4.65. The summed E-state index contributed by atoms with van der Waals surface area (Å²) in [5.74, 6) is 0. The third-order valence-electron chi connectivity index (χ3n) is 4.29. The molecule has 0 amide bonds. The molecule has 22 heavy (non-hydrogen) atoms. The highest BCUT2D eigenvalue weighted by atomic mass is 32.2. The van der Waals surface area contributed by atoms with Crippen molar-refractivity contribution in [3.8, 4) is 0 Å². The van der Waals surface area contributed by atoms with Gasteiger partial charge in [0, 0.05) is 24.7 Å². The largest absolute Gasteiger partial charge is 0.317 e. The molecule has 3 rings (SSSR count). The molecule has 0 spiro atoms. The van der Waals surface area contributed by atoms with Gasteiger partial charge in [0.2, 0.25) is 10.0 Å². The quantitative estimate of drug-likeness (QED) is 0.939. The van der Waals surface area contributed by atoms with E-state index in [1.165, 1.54) is 4.31 Å². The van der Waals surface area contributed by atoms with Gasteiger partial charge in [0.05, 0.1) is 5.52 Å². The van der Waals surface area contributed by atoms with Crippen LogP contribution < -0.4 is 5.32 Å². The molecule has 5 nitrogen and oxygen atoms in total. The third kappa shape index (κ3) is 2.74. The predicted molar refractivity (Wildman–Crippen MR) is 87.3 cm³/mol. The maximum absolute atomic E-state index is 13.0. The maximum atomic E-state index is 13.0. The smallest absolute Gasteiger partial charge is 0.245 e. The van der Waals surface area contributed by atoms with Crippen LogP contribution in [-0.4, -0.2) is 43.9 Å². The van der Waals surface area contributed by atoms with Crippen LogP contribution in [0.5, 0.6) is 0 Å². The molecule has 1 aromatic heterocycles. The molecule has 6 heteroatoms. The van der Waals surface area contributed by atoms with Gasteiger partial charge in [0.1, 0.15) is 4.90 Å². The molecular formula is C16H21N3O2S. The number of fused-ring (bicyclic) bond motifs is 1. The number of aryl methyl sites for hydroxylation is 1. The molecule has 2 aromatic rings. The third-order valence-corrected chi connectivity index (χ3v) is 6.23. The molecule has 1 N–H and O–H groups in total. The second-order valence-electron chi connectivity index (χ2n) is 5.84. The van der Waals surface area contributed by atoms with Crippen molar-refractivity contribution < 1.29 is 8.42 Å². The van der Waals surface area contributed by atoms with Crippen molar-refractivity contribution in [3.63, 3.8) is 0 Å². The normalized spacial score (nSPS) is 17.2. The molecule has 1 fully saturated rings. The number of pyridine rings is 1. The van der Waals surface area contributed by atoms with E-state index in [2.05, 4.69) is 10.3 Å². The molecule has 1 aliphatic heterocycles. The lowest BCUT2D eigenvalue weighted by Gasteiger charge is -2.31. The number of para-hydroxylation sites is 1. The topological polar surface area (TPSA) is 62.3 Å². The van der Waals surface area contributed by atoms with Crippen LogP contribution in [0.15, 0.2) is 35.4 Å². The van der Waals surface area contributed by atoms with Gasteiger partial charge in [-0.3, -0.25) is 4.98 Å². The van der Waals surface area contributed by atoms with Gasteiger partial charge in [-0.05, 0) is 50.6 Å². The number of nitrogens with zero attached hydrogens (tertiary/aromatic N) is 2. The summed E-state index contributed by atoms with van der Waals surface area (Å²) in [5, 5.41) is 4.12. The average molecular weight is 319 g/mol. The summed E-state index contributed by atoms with van der Waals surface area (Å²) in [5.41, 5.74) is 1.57. The zero-order chi connectivity index (χ0) is 15.7. The van der Waals surface area contributed by atoms with E-state index in [0.717, 1.165) is 36.9 Å². The fourth-order valence-corrected chi connectivity index (χ4v) is 4.55. The van der Waals surface area contributed by atoms with Crippen LogP contribution >= 0.6 is 0 Å². The number of nitrogens with one attached hydrogen (secondary N) is 1. The number of sulfonamides is 1. The molecule has 0 radical (unpaired) electrons. The minimum atomic E-state index is -3.54. The molecule has 0 aliphatic carbocycles. The van der Waals surface area contributed by atoms with Gasteiger partial charge in [-0.2, -0.15) is 4.31 Å². The van der Waals surface area contributed by atoms with Crippen LogP contribution in [0.2, 0.25) is 0 Å². The summed E-state index contributed by atoms with van der Waals surface area (Å²) in [6.45, 7) is 3.67. The van der Waals surface area contributed by atoms with Crippen LogP contribution in [0.3, 0.4) is 0 Å². The van der Waals surface area contributed by atoms with E-state index in [0.29, 0.717) is 10.4 Å². The second-order valence-corrected chi connectivity index (χ2v) is 7.81. The van der Waals surface area contributed by atoms with Crippen LogP contribution in [0, 0.1) is 6.92 Å². The highest BCUT2D eigenvalue weighted by Crippen LogP contribution is 2.26. The summed E-state index contributed by atoms with van der Waals surface area (Å²) in [7, 11) is -1.86. The van der Waals surface area contributed by atoms with Crippen molar-refractivity contribution in [2.45, 2.75) is 30.7 Å². The van der Waals surface area contributed by atoms with Crippen LogP contribution in [-0.2, 0) is 10.0 Å². The van der Waals surface area contributed by atoms with Gasteiger partial charge in [-0.15, -0.1) is 0 Å². The van der Waals surface area contributed by atoms with Gasteiger partial charge < -0.3 is 5.32 Å². The van der Waals surface area contributed by atoms with Crippen molar-refractivity contribution in [2.24, 2.45) is 0 Å². The van der Waals surface area contributed by atoms with E-state index in [1.807, 2.05) is 19.1 Å². The minimum absolute atomic E-state index is 0.0481. The van der Waals surface area contributed by atoms with E-state index in [-0.39, 0.29) is 6.04 Å². The number of hydrogen-bond donors (Lipinski definition) is 1. The van der Waals surface area contributed by atoms with E-state index in [1.54, 1.807) is 25.4 Å². The number of hydrogen-bond acceptors (Lipinski definition) is 4. The van der Waals surface area contributed by atoms with Gasteiger partial charge >= 0.3 is 0 Å². The molecule has 1 saturated heterocycles. The number of aromatic nitrogens is 1. The zero-order valence-electron chi connectivity index (χ0n) is 12.9. The first-order valence-electron chi connectivity index (χ1n) is 7.54. The van der Waals surface area contributed by atoms with Crippen LogP contribution in [0.1, 0.15) is 18.4 Å². The number of rotatable bonds is 3. The fourth-order valence-electron chi connectivity index (χ4n) is 2.97. The van der Waals surface area contributed by atoms with Gasteiger partial charge in [0.15, 0.2) is 0 Å². The highest BCUT2D eigenvalue weighted by Gasteiger charge is 2.30. The van der Waals surface area contributed by atoms with Crippen molar-refractivity contribution >= 4 is 20.9 Å². The predicted octanol–water partition coefficient (Wildman–Crippen LogP) is 1.92. The Morgan fingerprint density at radius 2 is 2.00 bits per heavy atom. The Bertz CT molecular complexity index is 783. The first-order valence-corrected chi connectivity index (χ1v) is 8.98. The zero-order valence-corrected chi connectivity index (χ0v) is 13.7. The lowest BCUT2D eigenvalue weighted by molar-refractivity contribution is 0.296. The van der Waals surface area contributed by atoms with E-state index in [9.17, 15) is 8.42 Å². The Morgan fingerprint density at radius 3 is 2.73 bits per heavy atom. The Labute approximate surface area is 131 Å². The molecular weight excluding hydrogens is 298 g/mol. The van der Waals surface area contributed by atoms with Gasteiger partial charge in [0.25, 0.3) is 0 Å². The minimum Gasteiger partial charge on any atom is -0.317 e. The number of piperidine rings is 1. The van der Waals surface area contributed by atoms with Crippen molar-refractivity contribution in [1.29, 1.82) is 0 Å². The molecule has 0 bridgehead atoms. The Morgan fingerprint density at radius 1 is 1.27 bits per heavy atom. The fraction of sp³-hybridized carbons (Fsp3) is 0.438. The standard InChI is InChI=1S/C16H21N3O2S/c1-12-10-13-4-3-5-15(16(13)18-11-12)22(20,21)19(2)14-6-8-17-9-7-14/h3-5,10-11,14,17H,6-9H2,1-2H3. The molecule has 0 unspecified atom stereocenters. The lowest BCUT2D eigenvalue weighted by Crippen LogP contribution is -2.43. The molecule has 1 aromatic carbocycles. The van der Waals surface area contributed by atoms with E-state index >= 15 is 0 Å². The van der Waals surface area contributed by atoms with Crippen LogP contribution in [0.25, 0.3) is 10.9 Å². The maximum Gasteiger partial charge on any atom is 0.245 e. The van der Waals surface area contributed by atoms with E-state index in [4.69, 9.17) is 0 Å². The van der Waals surface area contributed by atoms with Crippen LogP contribution in [0.4, 0.5) is 0 Å². The SMILES string of the molecule is Cc1cnc2c(S(=O)(=O)N(C)C3CCNCC3)cccc2c1. The van der Waals surface area contributed by atoms with Crippen molar-refractivity contribution in [2.75, 3.05) is 20.1 Å². The molecule has 1 aliphatic rings. The average Bonchev–Trinajstić information content (AvgIpc) is 2.54. The van der Waals surface area contributed by atoms with Crippen molar-refractivity contribution in [1.82, 2.24) is 14.6 Å². The first-order chi connectivity index (χ1) is 10.5. The highest BCUT2D eigenvalue weighted by molar-refractivity contribution is 7.89. The van der Waals surface area contributed by atoms with E-state index < -0.39 is 10.0 Å². The van der Waals surface area contributed by atoms with Crippen molar-refractivity contribution in [3.05, 3.63) is 36.0 Å². The second kappa shape index (κ2) is 5.95. The Hall–Kier alpha value is -1.50. The summed E-state index contributed by atoms with van der Waals surface area (Å²) < 4.78 is 27.5. The van der Waals surface area contributed by atoms with Gasteiger partial charge in [-0.1, -0.05) is 12.1 Å². The molecule has 118 valence electrons. The summed E-state index contributed by atoms with van der Waals surface area (Å²) in [6, 6.07) is 7.35. The monoisotopic (exact) mass is 319 g/mol. The lowest BCUT2D eigenvalue weighted by atomic mass is 10.1. The summed E-state index contributed by atoms with van der Waals surface area (Å²) >= 11 is 0. The first kappa shape index (κ1) is 15.4. The Kier molecular flexibility index (Phi) is 4.16. The number of benzene rings is 1. The van der Waals surface area contributed by atoms with Gasteiger partial charge in [-0.25, -0.2) is 8.42 Å². The molecule has 0 saturated carbocycles. The molecule has 0 atom stereocenters. The Balaban J connectivity index is 2.05.